The van der Waals surface area contributed by atoms with Crippen LogP contribution in [0.15, 0.2) is 157 Å². The highest BCUT2D eigenvalue weighted by atomic mass is 14.1. The molecule has 0 nitrogen and oxygen atoms in total. The SMILES string of the molecule is C=C(/C=C(\C=C(/C)c1ccccc1)c1cc(C)cc(C)c1)c1ccccc1.CC(C)=C(C)c1ccccc1C.CC(C)=C(C)c1ccccc1C. The minimum atomic E-state index is 1.02. The fourth-order valence-corrected chi connectivity index (χ4v) is 5.82. The first-order valence-electron chi connectivity index (χ1n) is 18.0. The Bertz CT molecular complexity index is 1930. The van der Waals surface area contributed by atoms with Gasteiger partial charge in [0.15, 0.2) is 0 Å². The van der Waals surface area contributed by atoms with Crippen LogP contribution in [0.4, 0.5) is 0 Å². The molecule has 0 heteroatoms. The van der Waals surface area contributed by atoms with Crippen molar-refractivity contribution in [3.8, 4) is 0 Å². The fraction of sp³-hybridized carbons (Fsp3) is 0.216. The molecule has 0 heterocycles. The minimum Gasteiger partial charge on any atom is -0.0911 e. The topological polar surface area (TPSA) is 0 Å². The predicted octanol–water partition coefficient (Wildman–Crippen LogP) is 15.1. The van der Waals surface area contributed by atoms with Crippen molar-refractivity contribution in [1.29, 1.82) is 0 Å². The van der Waals surface area contributed by atoms with Gasteiger partial charge in [0, 0.05) is 0 Å². The van der Waals surface area contributed by atoms with E-state index in [9.17, 15) is 0 Å². The Morgan fingerprint density at radius 2 is 0.824 bits per heavy atom. The van der Waals surface area contributed by atoms with Crippen LogP contribution in [0.5, 0.6) is 0 Å². The van der Waals surface area contributed by atoms with E-state index in [0.29, 0.717) is 0 Å². The number of benzene rings is 5. The second-order valence-electron chi connectivity index (χ2n) is 13.9. The maximum atomic E-state index is 4.31. The summed E-state index contributed by atoms with van der Waals surface area (Å²) in [6, 6.07) is 44.6. The van der Waals surface area contributed by atoms with Gasteiger partial charge >= 0.3 is 0 Å². The second kappa shape index (κ2) is 19.9. The Kier molecular flexibility index (Phi) is 15.7. The van der Waals surface area contributed by atoms with Crippen molar-refractivity contribution in [2.24, 2.45) is 0 Å². The van der Waals surface area contributed by atoms with E-state index >= 15 is 0 Å². The van der Waals surface area contributed by atoms with Crippen LogP contribution in [-0.4, -0.2) is 0 Å². The second-order valence-corrected chi connectivity index (χ2v) is 13.9. The maximum absolute atomic E-state index is 4.31. The molecule has 0 amide bonds. The van der Waals surface area contributed by atoms with Crippen LogP contribution >= 0.6 is 0 Å². The predicted molar refractivity (Wildman–Crippen MR) is 230 cm³/mol. The summed E-state index contributed by atoms with van der Waals surface area (Å²) in [4.78, 5) is 0. The Balaban J connectivity index is 0.000000242. The van der Waals surface area contributed by atoms with E-state index in [1.807, 2.05) is 6.07 Å². The lowest BCUT2D eigenvalue weighted by molar-refractivity contribution is 1.33. The number of hydrogen-bond acceptors (Lipinski definition) is 0. The summed E-state index contributed by atoms with van der Waals surface area (Å²) in [6.07, 6.45) is 4.45. The summed E-state index contributed by atoms with van der Waals surface area (Å²) in [5.74, 6) is 0. The summed E-state index contributed by atoms with van der Waals surface area (Å²) in [7, 11) is 0. The molecule has 0 radical (unpaired) electrons. The standard InChI is InChI=1S/C27H26.2C12H16/c1-20-15-21(2)17-26(16-20)27(18-22(3)24-11-7-5-8-12-24)19-23(4)25-13-9-6-10-14-25;2*1-9(2)11(4)12-8-6-5-7-10(12)3/h5-19H,3H2,1-2,4H3;2*5-8H,1-4H3/b23-19+,27-18+;;. The average Bonchev–Trinajstić information content (AvgIpc) is 3.12. The van der Waals surface area contributed by atoms with Gasteiger partial charge < -0.3 is 0 Å². The van der Waals surface area contributed by atoms with Crippen LogP contribution in [-0.2, 0) is 0 Å². The minimum absolute atomic E-state index is 1.02. The van der Waals surface area contributed by atoms with E-state index in [2.05, 4.69) is 216 Å². The first kappa shape index (κ1) is 40.2. The number of allylic oxidation sites excluding steroid dienone is 9. The van der Waals surface area contributed by atoms with E-state index in [1.54, 1.807) is 0 Å². The van der Waals surface area contributed by atoms with E-state index in [0.717, 1.165) is 11.1 Å². The molecule has 0 fully saturated rings. The normalized spacial score (nSPS) is 11.0. The molecule has 0 saturated carbocycles. The first-order valence-corrected chi connectivity index (χ1v) is 18.0. The monoisotopic (exact) mass is 670 g/mol. The van der Waals surface area contributed by atoms with Gasteiger partial charge in [0.1, 0.15) is 0 Å². The third-order valence-electron chi connectivity index (χ3n) is 9.23. The molecule has 0 atom stereocenters. The lowest BCUT2D eigenvalue weighted by atomic mass is 9.94. The Labute approximate surface area is 310 Å². The number of aryl methyl sites for hydroxylation is 4. The van der Waals surface area contributed by atoms with Crippen LogP contribution in [0.25, 0.3) is 27.9 Å². The van der Waals surface area contributed by atoms with E-state index in [-0.39, 0.29) is 0 Å². The Morgan fingerprint density at radius 1 is 0.431 bits per heavy atom. The van der Waals surface area contributed by atoms with Crippen LogP contribution in [0.2, 0.25) is 0 Å². The third-order valence-corrected chi connectivity index (χ3v) is 9.23. The highest BCUT2D eigenvalue weighted by Crippen LogP contribution is 2.28. The Morgan fingerprint density at radius 3 is 1.24 bits per heavy atom. The van der Waals surface area contributed by atoms with Gasteiger partial charge in [-0.3, -0.25) is 0 Å². The zero-order valence-corrected chi connectivity index (χ0v) is 33.0. The third kappa shape index (κ3) is 12.6. The maximum Gasteiger partial charge on any atom is -0.0175 e. The summed E-state index contributed by atoms with van der Waals surface area (Å²) in [5.41, 5.74) is 20.6. The summed E-state index contributed by atoms with van der Waals surface area (Å²) >= 11 is 0. The molecule has 0 aromatic heterocycles. The van der Waals surface area contributed by atoms with E-state index in [4.69, 9.17) is 0 Å². The molecular weight excluding hydrogens is 613 g/mol. The van der Waals surface area contributed by atoms with Crippen molar-refractivity contribution in [2.75, 3.05) is 0 Å². The van der Waals surface area contributed by atoms with Gasteiger partial charge in [-0.1, -0.05) is 162 Å². The zero-order chi connectivity index (χ0) is 37.5. The first-order chi connectivity index (χ1) is 24.3. The molecule has 0 aliphatic heterocycles. The molecular formula is C51H58. The van der Waals surface area contributed by atoms with Crippen molar-refractivity contribution in [1.82, 2.24) is 0 Å². The lowest BCUT2D eigenvalue weighted by Gasteiger charge is -2.11. The average molecular weight is 671 g/mol. The van der Waals surface area contributed by atoms with Gasteiger partial charge in [0.05, 0.1) is 0 Å². The van der Waals surface area contributed by atoms with Crippen molar-refractivity contribution >= 4 is 27.9 Å². The van der Waals surface area contributed by atoms with Crippen LogP contribution in [0.3, 0.4) is 0 Å². The van der Waals surface area contributed by atoms with E-state index < -0.39 is 0 Å². The van der Waals surface area contributed by atoms with Crippen molar-refractivity contribution < 1.29 is 0 Å². The number of rotatable bonds is 7. The molecule has 0 aliphatic rings. The van der Waals surface area contributed by atoms with Crippen LogP contribution in [0.1, 0.15) is 98.5 Å². The summed E-state index contributed by atoms with van der Waals surface area (Å²) in [6.45, 7) is 28.1. The quantitative estimate of drug-likeness (QED) is 0.151. The smallest absolute Gasteiger partial charge is 0.0175 e. The molecule has 0 N–H and O–H groups in total. The van der Waals surface area contributed by atoms with Gasteiger partial charge in [0.25, 0.3) is 0 Å². The molecule has 0 unspecified atom stereocenters. The zero-order valence-electron chi connectivity index (χ0n) is 33.0. The van der Waals surface area contributed by atoms with Crippen molar-refractivity contribution in [3.63, 3.8) is 0 Å². The van der Waals surface area contributed by atoms with Crippen molar-refractivity contribution in [2.45, 2.75) is 76.2 Å². The Hall–Kier alpha value is -5.20. The molecule has 5 rings (SSSR count). The summed E-state index contributed by atoms with van der Waals surface area (Å²) in [5, 5.41) is 0. The van der Waals surface area contributed by atoms with Gasteiger partial charge in [-0.2, -0.15) is 0 Å². The molecule has 5 aromatic rings. The lowest BCUT2D eigenvalue weighted by Crippen LogP contribution is -1.89. The van der Waals surface area contributed by atoms with Crippen molar-refractivity contribution in [3.05, 3.63) is 207 Å². The van der Waals surface area contributed by atoms with Crippen LogP contribution in [0, 0.1) is 27.7 Å². The molecule has 0 saturated heterocycles. The fourth-order valence-electron chi connectivity index (χ4n) is 5.82. The van der Waals surface area contributed by atoms with Gasteiger partial charge in [0.2, 0.25) is 0 Å². The largest absolute Gasteiger partial charge is 0.0911 e. The van der Waals surface area contributed by atoms with Gasteiger partial charge in [-0.05, 0) is 149 Å². The molecule has 51 heavy (non-hydrogen) atoms. The molecule has 5 aromatic carbocycles. The molecule has 0 spiro atoms. The van der Waals surface area contributed by atoms with E-state index in [1.165, 1.54) is 77.9 Å². The highest BCUT2D eigenvalue weighted by Gasteiger charge is 2.06. The molecule has 0 bridgehead atoms. The van der Waals surface area contributed by atoms with Crippen LogP contribution < -0.4 is 0 Å². The molecule has 0 aliphatic carbocycles. The number of hydrogen-bond donors (Lipinski definition) is 0. The van der Waals surface area contributed by atoms with Gasteiger partial charge in [-0.15, -0.1) is 0 Å². The van der Waals surface area contributed by atoms with Gasteiger partial charge in [-0.25, -0.2) is 0 Å². The summed E-state index contributed by atoms with van der Waals surface area (Å²) < 4.78 is 0. The molecule has 262 valence electrons. The highest BCUT2D eigenvalue weighted by molar-refractivity contribution is 5.91.